The van der Waals surface area contributed by atoms with Crippen LogP contribution in [0.2, 0.25) is 0 Å². The molecule has 1 aromatic rings. The summed E-state index contributed by atoms with van der Waals surface area (Å²) in [6.07, 6.45) is 5.99. The molecule has 5 heteroatoms. The van der Waals surface area contributed by atoms with Crippen molar-refractivity contribution in [1.29, 1.82) is 0 Å². The summed E-state index contributed by atoms with van der Waals surface area (Å²) in [5, 5.41) is 7.13. The molecule has 3 rings (SSSR count). The molecule has 1 saturated heterocycles. The van der Waals surface area contributed by atoms with Crippen molar-refractivity contribution in [3.8, 4) is 0 Å². The number of aliphatic imine (C=N–C) groups is 1. The van der Waals surface area contributed by atoms with E-state index < -0.39 is 0 Å². The first-order valence-electron chi connectivity index (χ1n) is 8.47. The SMILES string of the molecule is CN=C(NC1CC1)NC(CC1CCOCC1)c1ccccc1.I. The molecule has 0 aromatic heterocycles. The number of ether oxygens (including phenoxy) is 1. The van der Waals surface area contributed by atoms with Crippen LogP contribution < -0.4 is 10.6 Å². The van der Waals surface area contributed by atoms with Crippen molar-refractivity contribution in [1.82, 2.24) is 10.6 Å². The van der Waals surface area contributed by atoms with E-state index in [1.54, 1.807) is 0 Å². The highest BCUT2D eigenvalue weighted by molar-refractivity contribution is 14.0. The van der Waals surface area contributed by atoms with Gasteiger partial charge in [0.25, 0.3) is 0 Å². The maximum atomic E-state index is 5.49. The number of benzene rings is 1. The molecule has 1 aliphatic heterocycles. The zero-order chi connectivity index (χ0) is 15.2. The van der Waals surface area contributed by atoms with Gasteiger partial charge in [-0.25, -0.2) is 0 Å². The fraction of sp³-hybridized carbons (Fsp3) is 0.611. The Balaban J connectivity index is 0.00000192. The molecule has 2 fully saturated rings. The normalized spacial score (nSPS) is 20.5. The Kier molecular flexibility index (Phi) is 7.62. The molecule has 0 bridgehead atoms. The summed E-state index contributed by atoms with van der Waals surface area (Å²) in [5.41, 5.74) is 1.34. The number of hydrogen-bond acceptors (Lipinski definition) is 2. The molecule has 1 atom stereocenters. The van der Waals surface area contributed by atoms with Crippen molar-refractivity contribution in [2.45, 2.75) is 44.2 Å². The molecule has 1 aromatic carbocycles. The first kappa shape index (κ1) is 18.5. The smallest absolute Gasteiger partial charge is 0.191 e. The van der Waals surface area contributed by atoms with Gasteiger partial charge in [-0.3, -0.25) is 4.99 Å². The van der Waals surface area contributed by atoms with E-state index in [0.29, 0.717) is 12.1 Å². The van der Waals surface area contributed by atoms with Gasteiger partial charge in [-0.2, -0.15) is 0 Å². The van der Waals surface area contributed by atoms with Gasteiger partial charge in [-0.1, -0.05) is 30.3 Å². The third-order valence-electron chi connectivity index (χ3n) is 4.56. The summed E-state index contributed by atoms with van der Waals surface area (Å²) >= 11 is 0. The molecule has 1 unspecified atom stereocenters. The standard InChI is InChI=1S/C18H27N3O.HI/c1-19-18(20-16-7-8-16)21-17(15-5-3-2-4-6-15)13-14-9-11-22-12-10-14;/h2-6,14,16-17H,7-13H2,1H3,(H2,19,20,21);1H. The second-order valence-corrected chi connectivity index (χ2v) is 6.39. The zero-order valence-electron chi connectivity index (χ0n) is 13.8. The summed E-state index contributed by atoms with van der Waals surface area (Å²) in [6.45, 7) is 1.81. The van der Waals surface area contributed by atoms with E-state index in [1.807, 2.05) is 7.05 Å². The Hall–Kier alpha value is -0.820. The van der Waals surface area contributed by atoms with Gasteiger partial charge in [0.2, 0.25) is 0 Å². The number of hydrogen-bond donors (Lipinski definition) is 2. The molecule has 2 N–H and O–H groups in total. The van der Waals surface area contributed by atoms with E-state index in [1.165, 1.54) is 31.2 Å². The zero-order valence-corrected chi connectivity index (χ0v) is 16.2. The Morgan fingerprint density at radius 2 is 1.87 bits per heavy atom. The lowest BCUT2D eigenvalue weighted by atomic mass is 9.89. The molecular formula is C18H28IN3O. The minimum absolute atomic E-state index is 0. The quantitative estimate of drug-likeness (QED) is 0.428. The number of rotatable bonds is 5. The highest BCUT2D eigenvalue weighted by atomic mass is 127. The summed E-state index contributed by atoms with van der Waals surface area (Å²) in [4.78, 5) is 4.40. The van der Waals surface area contributed by atoms with Crippen LogP contribution in [0.3, 0.4) is 0 Å². The van der Waals surface area contributed by atoms with Gasteiger partial charge in [-0.05, 0) is 43.6 Å². The van der Waals surface area contributed by atoms with Crippen molar-refractivity contribution in [3.63, 3.8) is 0 Å². The minimum Gasteiger partial charge on any atom is -0.381 e. The largest absolute Gasteiger partial charge is 0.381 e. The lowest BCUT2D eigenvalue weighted by Gasteiger charge is -2.28. The molecule has 0 spiro atoms. The maximum absolute atomic E-state index is 5.49. The first-order chi connectivity index (χ1) is 10.8. The minimum atomic E-state index is 0. The number of nitrogens with zero attached hydrogens (tertiary/aromatic N) is 1. The van der Waals surface area contributed by atoms with E-state index >= 15 is 0 Å². The summed E-state index contributed by atoms with van der Waals surface area (Å²) < 4.78 is 5.49. The van der Waals surface area contributed by atoms with Crippen LogP contribution in [0.5, 0.6) is 0 Å². The van der Waals surface area contributed by atoms with Gasteiger partial charge in [0.05, 0.1) is 6.04 Å². The van der Waals surface area contributed by atoms with E-state index in [-0.39, 0.29) is 24.0 Å². The Morgan fingerprint density at radius 1 is 1.17 bits per heavy atom. The summed E-state index contributed by atoms with van der Waals surface area (Å²) in [7, 11) is 1.86. The van der Waals surface area contributed by atoms with Gasteiger partial charge in [0.1, 0.15) is 0 Å². The van der Waals surface area contributed by atoms with Gasteiger partial charge in [-0.15, -0.1) is 24.0 Å². The Morgan fingerprint density at radius 3 is 2.48 bits per heavy atom. The van der Waals surface area contributed by atoms with Crippen LogP contribution in [0.4, 0.5) is 0 Å². The third-order valence-corrected chi connectivity index (χ3v) is 4.56. The van der Waals surface area contributed by atoms with Crippen molar-refractivity contribution in [2.75, 3.05) is 20.3 Å². The van der Waals surface area contributed by atoms with Crippen LogP contribution in [-0.4, -0.2) is 32.3 Å². The van der Waals surface area contributed by atoms with Crippen LogP contribution in [-0.2, 0) is 4.74 Å². The monoisotopic (exact) mass is 429 g/mol. The van der Waals surface area contributed by atoms with Crippen LogP contribution >= 0.6 is 24.0 Å². The first-order valence-corrected chi connectivity index (χ1v) is 8.47. The molecule has 0 radical (unpaired) electrons. The van der Waals surface area contributed by atoms with Gasteiger partial charge >= 0.3 is 0 Å². The number of guanidine groups is 1. The second kappa shape index (κ2) is 9.47. The predicted molar refractivity (Wildman–Crippen MR) is 105 cm³/mol. The fourth-order valence-corrected chi connectivity index (χ4v) is 3.04. The molecule has 1 heterocycles. The van der Waals surface area contributed by atoms with Crippen molar-refractivity contribution in [3.05, 3.63) is 35.9 Å². The van der Waals surface area contributed by atoms with Crippen molar-refractivity contribution < 1.29 is 4.74 Å². The van der Waals surface area contributed by atoms with E-state index in [2.05, 4.69) is 46.0 Å². The maximum Gasteiger partial charge on any atom is 0.191 e. The highest BCUT2D eigenvalue weighted by Gasteiger charge is 2.25. The summed E-state index contributed by atoms with van der Waals surface area (Å²) in [6, 6.07) is 11.7. The molecule has 2 aliphatic rings. The summed E-state index contributed by atoms with van der Waals surface area (Å²) in [5.74, 6) is 1.66. The van der Waals surface area contributed by atoms with Gasteiger partial charge in [0, 0.05) is 26.3 Å². The van der Waals surface area contributed by atoms with Crippen LogP contribution in [0.1, 0.15) is 43.7 Å². The Labute approximate surface area is 156 Å². The number of nitrogens with one attached hydrogen (secondary N) is 2. The fourth-order valence-electron chi connectivity index (χ4n) is 3.04. The molecule has 0 amide bonds. The Bertz CT molecular complexity index is 484. The second-order valence-electron chi connectivity index (χ2n) is 6.39. The van der Waals surface area contributed by atoms with Crippen LogP contribution in [0.15, 0.2) is 35.3 Å². The molecular weight excluding hydrogens is 401 g/mol. The van der Waals surface area contributed by atoms with Gasteiger partial charge in [0.15, 0.2) is 5.96 Å². The average Bonchev–Trinajstić information content (AvgIpc) is 3.39. The molecule has 1 aliphatic carbocycles. The number of halogens is 1. The topological polar surface area (TPSA) is 45.7 Å². The van der Waals surface area contributed by atoms with E-state index in [4.69, 9.17) is 4.74 Å². The molecule has 1 saturated carbocycles. The molecule has 128 valence electrons. The predicted octanol–water partition coefficient (Wildman–Crippen LogP) is 3.49. The van der Waals surface area contributed by atoms with E-state index in [0.717, 1.165) is 31.5 Å². The molecule has 23 heavy (non-hydrogen) atoms. The highest BCUT2D eigenvalue weighted by Crippen LogP contribution is 2.28. The van der Waals surface area contributed by atoms with Crippen LogP contribution in [0.25, 0.3) is 0 Å². The van der Waals surface area contributed by atoms with Crippen molar-refractivity contribution in [2.24, 2.45) is 10.9 Å². The lowest BCUT2D eigenvalue weighted by molar-refractivity contribution is 0.0611. The average molecular weight is 429 g/mol. The van der Waals surface area contributed by atoms with E-state index in [9.17, 15) is 0 Å². The van der Waals surface area contributed by atoms with Crippen molar-refractivity contribution >= 4 is 29.9 Å². The van der Waals surface area contributed by atoms with Gasteiger partial charge < -0.3 is 15.4 Å². The lowest BCUT2D eigenvalue weighted by Crippen LogP contribution is -2.41. The molecule has 4 nitrogen and oxygen atoms in total. The van der Waals surface area contributed by atoms with Crippen LogP contribution in [0, 0.1) is 5.92 Å². The third kappa shape index (κ3) is 5.95.